The Bertz CT molecular complexity index is 387. The Labute approximate surface area is 118 Å². The van der Waals surface area contributed by atoms with E-state index in [4.69, 9.17) is 0 Å². The van der Waals surface area contributed by atoms with Crippen LogP contribution in [0.3, 0.4) is 0 Å². The van der Waals surface area contributed by atoms with Crippen molar-refractivity contribution in [1.82, 2.24) is 14.1 Å². The van der Waals surface area contributed by atoms with E-state index in [-0.39, 0.29) is 0 Å². The first-order valence-electron chi connectivity index (χ1n) is 6.77. The Morgan fingerprint density at radius 3 is 3.06 bits per heavy atom. The summed E-state index contributed by atoms with van der Waals surface area (Å²) in [5.41, 5.74) is 2.44. The summed E-state index contributed by atoms with van der Waals surface area (Å²) in [5, 5.41) is 4.52. The van der Waals surface area contributed by atoms with Crippen molar-refractivity contribution >= 4 is 29.1 Å². The van der Waals surface area contributed by atoms with Crippen molar-refractivity contribution in [2.45, 2.75) is 44.1 Å². The van der Waals surface area contributed by atoms with Gasteiger partial charge in [-0.05, 0) is 30.7 Å². The monoisotopic (exact) mass is 283 g/mol. The molecule has 18 heavy (non-hydrogen) atoms. The Hall–Kier alpha value is -0.390. The summed E-state index contributed by atoms with van der Waals surface area (Å²) < 4.78 is 8.89. The van der Waals surface area contributed by atoms with E-state index in [0.29, 0.717) is 0 Å². The van der Waals surface area contributed by atoms with Gasteiger partial charge < -0.3 is 5.32 Å². The molecule has 5 heteroatoms. The standard InChI is InChI=1S/C13H21N3S2/c1-2-3-4-5-9-17-13-12(15-18-16-13)11-7-6-8-14-10-11/h7,14H,2-6,8-10H2,1H3. The summed E-state index contributed by atoms with van der Waals surface area (Å²) in [7, 11) is 0. The molecule has 2 rings (SSSR count). The van der Waals surface area contributed by atoms with E-state index in [2.05, 4.69) is 27.1 Å². The zero-order chi connectivity index (χ0) is 12.6. The highest BCUT2D eigenvalue weighted by atomic mass is 32.2. The lowest BCUT2D eigenvalue weighted by Crippen LogP contribution is -2.21. The first-order chi connectivity index (χ1) is 8.92. The fourth-order valence-corrected chi connectivity index (χ4v) is 3.70. The maximum absolute atomic E-state index is 4.46. The van der Waals surface area contributed by atoms with E-state index < -0.39 is 0 Å². The van der Waals surface area contributed by atoms with Gasteiger partial charge in [-0.1, -0.05) is 32.3 Å². The molecule has 1 N–H and O–H groups in total. The number of aromatic nitrogens is 2. The first kappa shape index (κ1) is 14.0. The Balaban J connectivity index is 1.85. The molecule has 0 unspecified atom stereocenters. The van der Waals surface area contributed by atoms with Crippen LogP contribution in [0.2, 0.25) is 0 Å². The Morgan fingerprint density at radius 1 is 1.33 bits per heavy atom. The van der Waals surface area contributed by atoms with E-state index in [1.165, 1.54) is 48.7 Å². The summed E-state index contributed by atoms with van der Waals surface area (Å²) in [6.07, 6.45) is 8.67. The minimum absolute atomic E-state index is 0.939. The van der Waals surface area contributed by atoms with Crippen LogP contribution in [0.4, 0.5) is 0 Å². The van der Waals surface area contributed by atoms with Crippen LogP contribution in [-0.4, -0.2) is 27.6 Å². The molecule has 1 aromatic rings. The van der Waals surface area contributed by atoms with Gasteiger partial charge in [-0.2, -0.15) is 8.75 Å². The highest BCUT2D eigenvalue weighted by molar-refractivity contribution is 7.99. The number of nitrogens with one attached hydrogen (secondary N) is 1. The highest BCUT2D eigenvalue weighted by Gasteiger charge is 2.14. The number of hydrogen-bond acceptors (Lipinski definition) is 5. The average Bonchev–Trinajstić information content (AvgIpc) is 2.88. The van der Waals surface area contributed by atoms with E-state index in [9.17, 15) is 0 Å². The van der Waals surface area contributed by atoms with Crippen molar-refractivity contribution in [1.29, 1.82) is 0 Å². The lowest BCUT2D eigenvalue weighted by molar-refractivity contribution is 0.706. The normalized spacial score (nSPS) is 15.7. The van der Waals surface area contributed by atoms with Crippen LogP contribution in [0.5, 0.6) is 0 Å². The van der Waals surface area contributed by atoms with Crippen LogP contribution in [-0.2, 0) is 0 Å². The third-order valence-corrected chi connectivity index (χ3v) is 4.72. The van der Waals surface area contributed by atoms with Crippen LogP contribution in [0, 0.1) is 0 Å². The minimum Gasteiger partial charge on any atom is -0.312 e. The van der Waals surface area contributed by atoms with Crippen molar-refractivity contribution in [3.8, 4) is 0 Å². The van der Waals surface area contributed by atoms with Crippen molar-refractivity contribution in [2.24, 2.45) is 0 Å². The second-order valence-electron chi connectivity index (χ2n) is 4.52. The molecule has 0 atom stereocenters. The second kappa shape index (κ2) is 7.92. The largest absolute Gasteiger partial charge is 0.312 e. The molecule has 0 spiro atoms. The number of unbranched alkanes of at least 4 members (excludes halogenated alkanes) is 3. The van der Waals surface area contributed by atoms with Crippen molar-refractivity contribution in [3.05, 3.63) is 11.8 Å². The van der Waals surface area contributed by atoms with Gasteiger partial charge >= 0.3 is 0 Å². The predicted molar refractivity (Wildman–Crippen MR) is 80.2 cm³/mol. The number of hydrogen-bond donors (Lipinski definition) is 1. The number of nitrogens with zero attached hydrogens (tertiary/aromatic N) is 2. The summed E-state index contributed by atoms with van der Waals surface area (Å²) in [4.78, 5) is 0. The lowest BCUT2D eigenvalue weighted by atomic mass is 10.1. The van der Waals surface area contributed by atoms with Crippen LogP contribution in [0.1, 0.15) is 44.7 Å². The molecule has 0 aromatic carbocycles. The molecule has 0 bridgehead atoms. The van der Waals surface area contributed by atoms with Gasteiger partial charge in [0.1, 0.15) is 10.7 Å². The SMILES string of the molecule is CCCCCCSc1nsnc1C1=CCCNC1. The molecule has 0 saturated heterocycles. The topological polar surface area (TPSA) is 37.8 Å². The third-order valence-electron chi connectivity index (χ3n) is 3.03. The van der Waals surface area contributed by atoms with Crippen molar-refractivity contribution < 1.29 is 0 Å². The van der Waals surface area contributed by atoms with Crippen LogP contribution in [0.15, 0.2) is 11.1 Å². The highest BCUT2D eigenvalue weighted by Crippen LogP contribution is 2.28. The van der Waals surface area contributed by atoms with Gasteiger partial charge in [0.05, 0.1) is 11.7 Å². The fourth-order valence-electron chi connectivity index (χ4n) is 1.99. The fraction of sp³-hybridized carbons (Fsp3) is 0.692. The van der Waals surface area contributed by atoms with Gasteiger partial charge in [-0.3, -0.25) is 0 Å². The number of rotatable bonds is 7. The lowest BCUT2D eigenvalue weighted by Gasteiger charge is -2.12. The zero-order valence-corrected chi connectivity index (χ0v) is 12.6. The molecular formula is C13H21N3S2. The van der Waals surface area contributed by atoms with E-state index >= 15 is 0 Å². The van der Waals surface area contributed by atoms with Gasteiger partial charge in [-0.15, -0.1) is 11.8 Å². The first-order valence-corrected chi connectivity index (χ1v) is 8.49. The quantitative estimate of drug-likeness (QED) is 0.613. The maximum atomic E-state index is 4.46. The minimum atomic E-state index is 0.939. The molecule has 3 nitrogen and oxygen atoms in total. The summed E-state index contributed by atoms with van der Waals surface area (Å²) >= 11 is 3.20. The number of thioether (sulfide) groups is 1. The molecule has 2 heterocycles. The summed E-state index contributed by atoms with van der Waals surface area (Å²) in [5.74, 6) is 1.17. The second-order valence-corrected chi connectivity index (χ2v) is 6.13. The Kier molecular flexibility index (Phi) is 6.17. The average molecular weight is 283 g/mol. The Morgan fingerprint density at radius 2 is 2.28 bits per heavy atom. The van der Waals surface area contributed by atoms with Crippen molar-refractivity contribution in [2.75, 3.05) is 18.8 Å². The molecule has 0 fully saturated rings. The molecule has 0 radical (unpaired) electrons. The molecule has 0 aliphatic carbocycles. The van der Waals surface area contributed by atoms with E-state index in [1.807, 2.05) is 11.8 Å². The predicted octanol–water partition coefficient (Wildman–Crippen LogP) is 3.59. The summed E-state index contributed by atoms with van der Waals surface area (Å²) in [6, 6.07) is 0. The molecular weight excluding hydrogens is 262 g/mol. The van der Waals surface area contributed by atoms with Gasteiger partial charge in [0, 0.05) is 6.54 Å². The van der Waals surface area contributed by atoms with Crippen LogP contribution < -0.4 is 5.32 Å². The molecule has 100 valence electrons. The van der Waals surface area contributed by atoms with Gasteiger partial charge in [0.2, 0.25) is 0 Å². The molecule has 0 saturated carbocycles. The van der Waals surface area contributed by atoms with Crippen molar-refractivity contribution in [3.63, 3.8) is 0 Å². The maximum Gasteiger partial charge on any atom is 0.138 e. The zero-order valence-electron chi connectivity index (χ0n) is 10.9. The van der Waals surface area contributed by atoms with Gasteiger partial charge in [-0.25, -0.2) is 0 Å². The van der Waals surface area contributed by atoms with Gasteiger partial charge in [0.25, 0.3) is 0 Å². The third kappa shape index (κ3) is 4.07. The summed E-state index contributed by atoms with van der Waals surface area (Å²) in [6.45, 7) is 4.27. The molecule has 1 aliphatic heterocycles. The van der Waals surface area contributed by atoms with E-state index in [0.717, 1.165) is 30.2 Å². The molecule has 0 amide bonds. The van der Waals surface area contributed by atoms with Gasteiger partial charge in [0.15, 0.2) is 0 Å². The smallest absolute Gasteiger partial charge is 0.138 e. The van der Waals surface area contributed by atoms with Crippen LogP contribution in [0.25, 0.3) is 5.57 Å². The molecule has 1 aromatic heterocycles. The van der Waals surface area contributed by atoms with Crippen LogP contribution >= 0.6 is 23.5 Å². The van der Waals surface area contributed by atoms with E-state index in [1.54, 1.807) is 0 Å². The molecule has 1 aliphatic rings.